The Labute approximate surface area is 367 Å². The van der Waals surface area contributed by atoms with Crippen LogP contribution in [0.2, 0.25) is 0 Å². The van der Waals surface area contributed by atoms with Gasteiger partial charge in [-0.3, -0.25) is 9.59 Å². The summed E-state index contributed by atoms with van der Waals surface area (Å²) in [4.78, 5) is 27.5. The number of ether oxygens (including phenoxy) is 1. The van der Waals surface area contributed by atoms with Gasteiger partial charge in [0.1, 0.15) is 11.5 Å². The molecule has 0 saturated carbocycles. The van der Waals surface area contributed by atoms with E-state index in [2.05, 4.69) is 132 Å². The number of hydrogen-bond donors (Lipinski definition) is 0. The predicted molar refractivity (Wildman–Crippen MR) is 252 cm³/mol. The fourth-order valence-electron chi connectivity index (χ4n) is 7.51. The minimum absolute atomic E-state index is 0.0318. The Kier molecular flexibility index (Phi) is 11.4. The first-order valence-electron chi connectivity index (χ1n) is 21.4. The topological polar surface area (TPSA) is 77.7 Å². The summed E-state index contributed by atoms with van der Waals surface area (Å²) in [6.07, 6.45) is 6.66. The van der Waals surface area contributed by atoms with Crippen molar-refractivity contribution in [2.75, 3.05) is 0 Å². The predicted octanol–water partition coefficient (Wildman–Crippen LogP) is 13.3. The van der Waals surface area contributed by atoms with Crippen molar-refractivity contribution in [2.45, 2.75) is 105 Å². The molecule has 0 radical (unpaired) electrons. The van der Waals surface area contributed by atoms with Crippen LogP contribution in [0.1, 0.15) is 122 Å². The monoisotopic (exact) mass is 822 g/mol. The molecule has 5 aromatic rings. The van der Waals surface area contributed by atoms with Crippen LogP contribution in [0.15, 0.2) is 154 Å². The Balaban J connectivity index is 1.33. The maximum Gasteiger partial charge on any atom is 0.361 e. The van der Waals surface area contributed by atoms with Crippen LogP contribution in [-0.2, 0) is 36.0 Å². The van der Waals surface area contributed by atoms with Crippen molar-refractivity contribution in [3.8, 4) is 22.6 Å². The molecule has 0 saturated heterocycles. The van der Waals surface area contributed by atoms with Crippen molar-refractivity contribution in [3.05, 3.63) is 189 Å². The first kappa shape index (κ1) is 43.7. The SMILES string of the molecule is CC(C)(C)c1ccc(C2=CC(=CC3=C([O-])/C(=C\c4cc(-c5ccc(C(C)(C)C)cc5)[o+]c(-c5ccc(C(C)(C)C)cc5)c4)C(=O)C3=O)C=C(c3ccc(C(C)(C)C)cc3)O2)cc1. The number of hydrogen-bond acceptors (Lipinski definition) is 4. The van der Waals surface area contributed by atoms with E-state index in [-0.39, 0.29) is 32.8 Å². The van der Waals surface area contributed by atoms with E-state index in [0.717, 1.165) is 22.3 Å². The molecular weight excluding hydrogens is 765 g/mol. The molecule has 7 rings (SSSR count). The van der Waals surface area contributed by atoms with Crippen molar-refractivity contribution in [1.82, 2.24) is 0 Å². The lowest BCUT2D eigenvalue weighted by Crippen LogP contribution is -2.11. The Morgan fingerprint density at radius 2 is 0.806 bits per heavy atom. The molecule has 4 aromatic carbocycles. The maximum absolute atomic E-state index is 14.3. The van der Waals surface area contributed by atoms with Gasteiger partial charge in [-0.05, 0) is 104 Å². The zero-order valence-electron chi connectivity index (χ0n) is 38.2. The summed E-state index contributed by atoms with van der Waals surface area (Å²) in [6.45, 7) is 26.0. The van der Waals surface area contributed by atoms with E-state index in [9.17, 15) is 14.7 Å². The molecule has 5 heteroatoms. The molecule has 0 atom stereocenters. The van der Waals surface area contributed by atoms with Gasteiger partial charge in [0.25, 0.3) is 0 Å². The van der Waals surface area contributed by atoms with Crippen molar-refractivity contribution >= 4 is 29.2 Å². The van der Waals surface area contributed by atoms with Crippen molar-refractivity contribution in [3.63, 3.8) is 0 Å². The molecule has 0 N–H and O–H groups in total. The molecule has 0 unspecified atom stereocenters. The van der Waals surface area contributed by atoms with E-state index >= 15 is 0 Å². The van der Waals surface area contributed by atoms with E-state index in [1.165, 1.54) is 34.4 Å². The van der Waals surface area contributed by atoms with E-state index < -0.39 is 17.3 Å². The molecule has 0 bridgehead atoms. The number of benzene rings is 4. The summed E-state index contributed by atoms with van der Waals surface area (Å²) in [5, 5.41) is 14.3. The number of allylic oxidation sites excluding steroid dienone is 6. The highest BCUT2D eigenvalue weighted by atomic mass is 16.5. The zero-order valence-corrected chi connectivity index (χ0v) is 38.2. The molecule has 1 aliphatic carbocycles. The van der Waals surface area contributed by atoms with Crippen LogP contribution >= 0.6 is 0 Å². The summed E-state index contributed by atoms with van der Waals surface area (Å²) in [5.41, 5.74) is 8.71. The largest absolute Gasteiger partial charge is 0.871 e. The van der Waals surface area contributed by atoms with E-state index in [1.54, 1.807) is 0 Å². The van der Waals surface area contributed by atoms with Gasteiger partial charge in [-0.15, -0.1) is 0 Å². The van der Waals surface area contributed by atoms with Gasteiger partial charge in [0.2, 0.25) is 11.6 Å². The van der Waals surface area contributed by atoms with Gasteiger partial charge < -0.3 is 9.84 Å². The van der Waals surface area contributed by atoms with Gasteiger partial charge in [0, 0.05) is 22.3 Å². The summed E-state index contributed by atoms with van der Waals surface area (Å²) in [6, 6.07) is 36.5. The highest BCUT2D eigenvalue weighted by molar-refractivity contribution is 6.54. The van der Waals surface area contributed by atoms with Gasteiger partial charge in [-0.25, -0.2) is 4.42 Å². The smallest absolute Gasteiger partial charge is 0.361 e. The number of carbonyl (C=O) groups excluding carboxylic acids is 2. The lowest BCUT2D eigenvalue weighted by Gasteiger charge is -2.23. The first-order chi connectivity index (χ1) is 29.0. The summed E-state index contributed by atoms with van der Waals surface area (Å²) >= 11 is 0. The molecule has 316 valence electrons. The molecule has 2 aliphatic rings. The van der Waals surface area contributed by atoms with Crippen molar-refractivity contribution < 1.29 is 23.8 Å². The van der Waals surface area contributed by atoms with Gasteiger partial charge in [-0.1, -0.05) is 162 Å². The fraction of sp³-hybridized carbons (Fsp3) is 0.281. The molecule has 1 aromatic heterocycles. The van der Waals surface area contributed by atoms with Crippen LogP contribution in [0.4, 0.5) is 0 Å². The summed E-state index contributed by atoms with van der Waals surface area (Å²) in [7, 11) is 0. The van der Waals surface area contributed by atoms with Crippen LogP contribution in [0.5, 0.6) is 0 Å². The third-order valence-electron chi connectivity index (χ3n) is 11.6. The second kappa shape index (κ2) is 16.2. The first-order valence-corrected chi connectivity index (χ1v) is 21.4. The van der Waals surface area contributed by atoms with Crippen LogP contribution < -0.4 is 5.11 Å². The summed E-state index contributed by atoms with van der Waals surface area (Å²) < 4.78 is 13.1. The lowest BCUT2D eigenvalue weighted by atomic mass is 9.86. The molecular formula is C57H58O5. The maximum atomic E-state index is 14.3. The molecule has 0 amide bonds. The summed E-state index contributed by atoms with van der Waals surface area (Å²) in [5.74, 6) is -0.0528. The Bertz CT molecular complexity index is 2550. The number of rotatable bonds is 6. The Morgan fingerprint density at radius 3 is 1.15 bits per heavy atom. The molecule has 5 nitrogen and oxygen atoms in total. The Morgan fingerprint density at radius 1 is 0.468 bits per heavy atom. The van der Waals surface area contributed by atoms with Crippen LogP contribution in [0, 0.1) is 0 Å². The number of ketones is 2. The molecule has 1 aliphatic heterocycles. The van der Waals surface area contributed by atoms with Gasteiger partial charge >= 0.3 is 11.5 Å². The van der Waals surface area contributed by atoms with Crippen LogP contribution in [0.25, 0.3) is 40.2 Å². The van der Waals surface area contributed by atoms with E-state index in [4.69, 9.17) is 9.15 Å². The minimum atomic E-state index is -0.842. The average Bonchev–Trinajstić information content (AvgIpc) is 3.41. The highest BCUT2D eigenvalue weighted by Gasteiger charge is 2.32. The van der Waals surface area contributed by atoms with E-state index in [1.807, 2.05) is 72.8 Å². The van der Waals surface area contributed by atoms with Crippen LogP contribution in [-0.4, -0.2) is 11.6 Å². The third-order valence-corrected chi connectivity index (χ3v) is 11.6. The molecule has 0 spiro atoms. The third kappa shape index (κ3) is 9.43. The Hall–Kier alpha value is -6.33. The second-order valence-corrected chi connectivity index (χ2v) is 20.7. The molecule has 2 heterocycles. The van der Waals surface area contributed by atoms with Crippen molar-refractivity contribution in [2.24, 2.45) is 0 Å². The van der Waals surface area contributed by atoms with Gasteiger partial charge in [-0.2, -0.15) is 0 Å². The fourth-order valence-corrected chi connectivity index (χ4v) is 7.51. The lowest BCUT2D eigenvalue weighted by molar-refractivity contribution is -0.296. The normalized spacial score (nSPS) is 15.8. The zero-order chi connectivity index (χ0) is 44.9. The van der Waals surface area contributed by atoms with Crippen LogP contribution in [0.3, 0.4) is 0 Å². The quantitative estimate of drug-likeness (QED) is 0.0968. The standard InChI is InChI=1S/C57H58O5/c1-54(2,3)41-21-13-37(14-22-41)47-31-35(32-48(61-47)38-15-23-42(24-16-38)55(4,5)6)29-45-51(58)46(53(60)52(45)59)30-36-33-49(39-17-25-43(26-18-39)56(7,8)9)62-50(34-36)40-19-27-44(28-20-40)57(10,11)12/h13-34H,1-12H3. The highest BCUT2D eigenvalue weighted by Crippen LogP contribution is 2.38. The number of Topliss-reactive ketones (excluding diaryl/α,β-unsaturated/α-hetero) is 2. The minimum Gasteiger partial charge on any atom is -0.871 e. The average molecular weight is 823 g/mol. The van der Waals surface area contributed by atoms with Crippen molar-refractivity contribution in [1.29, 1.82) is 0 Å². The van der Waals surface area contributed by atoms with E-state index in [0.29, 0.717) is 34.2 Å². The van der Waals surface area contributed by atoms with Gasteiger partial charge in [0.15, 0.2) is 0 Å². The van der Waals surface area contributed by atoms with Gasteiger partial charge in [0.05, 0.1) is 23.3 Å². The second-order valence-electron chi connectivity index (χ2n) is 20.7. The molecule has 62 heavy (non-hydrogen) atoms. The molecule has 0 fully saturated rings. The number of carbonyl (C=O) groups is 2.